The van der Waals surface area contributed by atoms with Crippen LogP contribution < -0.4 is 11.1 Å². The molecule has 3 N–H and O–H groups in total. The van der Waals surface area contributed by atoms with Gasteiger partial charge in [-0.3, -0.25) is 4.79 Å². The molecular formula is C15H17N3O3S. The van der Waals surface area contributed by atoms with Crippen molar-refractivity contribution in [1.82, 2.24) is 10.3 Å². The van der Waals surface area contributed by atoms with Gasteiger partial charge in [-0.2, -0.15) is 0 Å². The molecule has 6 nitrogen and oxygen atoms in total. The fourth-order valence-corrected chi connectivity index (χ4v) is 2.52. The Hall–Kier alpha value is -2.25. The number of rotatable bonds is 6. The van der Waals surface area contributed by atoms with Crippen molar-refractivity contribution < 1.29 is 14.3 Å². The van der Waals surface area contributed by atoms with Crippen LogP contribution in [0.1, 0.15) is 34.0 Å². The molecule has 0 saturated carbocycles. The highest BCUT2D eigenvalue weighted by Gasteiger charge is 2.25. The Labute approximate surface area is 132 Å². The Morgan fingerprint density at radius 3 is 2.68 bits per heavy atom. The highest BCUT2D eigenvalue weighted by Crippen LogP contribution is 2.16. The lowest BCUT2D eigenvalue weighted by molar-refractivity contribution is -0.145. The van der Waals surface area contributed by atoms with Crippen molar-refractivity contribution in [3.8, 4) is 0 Å². The number of nitrogens with zero attached hydrogens (tertiary/aromatic N) is 1. The van der Waals surface area contributed by atoms with E-state index in [2.05, 4.69) is 10.3 Å². The molecule has 1 aromatic heterocycles. The molecule has 116 valence electrons. The number of hydrogen-bond donors (Lipinski definition) is 2. The van der Waals surface area contributed by atoms with Crippen LogP contribution in [-0.2, 0) is 16.1 Å². The first-order valence-electron chi connectivity index (χ1n) is 6.82. The number of carbonyl (C=O) groups is 2. The lowest BCUT2D eigenvalue weighted by atomic mass is 10.1. The number of carbonyl (C=O) groups excluding carboxylic acids is 2. The number of esters is 1. The van der Waals surface area contributed by atoms with Gasteiger partial charge in [-0.1, -0.05) is 30.3 Å². The van der Waals surface area contributed by atoms with Crippen molar-refractivity contribution in [2.45, 2.75) is 19.5 Å². The van der Waals surface area contributed by atoms with Gasteiger partial charge in [-0.25, -0.2) is 9.78 Å². The van der Waals surface area contributed by atoms with Crippen LogP contribution >= 0.6 is 11.3 Å². The first kappa shape index (κ1) is 16.1. The van der Waals surface area contributed by atoms with Gasteiger partial charge < -0.3 is 15.8 Å². The summed E-state index contributed by atoms with van der Waals surface area (Å²) < 4.78 is 5.03. The third kappa shape index (κ3) is 3.90. The van der Waals surface area contributed by atoms with Gasteiger partial charge in [0.1, 0.15) is 10.7 Å². The molecule has 1 aromatic carbocycles. The molecule has 0 saturated heterocycles. The van der Waals surface area contributed by atoms with E-state index in [0.717, 1.165) is 0 Å². The molecule has 2 aromatic rings. The van der Waals surface area contributed by atoms with Crippen molar-refractivity contribution in [1.29, 1.82) is 0 Å². The standard InChI is InChI=1S/C15H17N3O3S/c1-2-21-15(20)13(10-6-4-3-5-7-10)18-14(19)11-9-22-12(8-16)17-11/h3-7,9,13H,2,8,16H2,1H3,(H,18,19)/t13-/m1/s1. The zero-order valence-corrected chi connectivity index (χ0v) is 12.9. The predicted molar refractivity (Wildman–Crippen MR) is 83.3 cm³/mol. The molecule has 22 heavy (non-hydrogen) atoms. The summed E-state index contributed by atoms with van der Waals surface area (Å²) in [6, 6.07) is 8.08. The van der Waals surface area contributed by atoms with Gasteiger partial charge in [0.2, 0.25) is 0 Å². The number of amides is 1. The summed E-state index contributed by atoms with van der Waals surface area (Å²) in [7, 11) is 0. The summed E-state index contributed by atoms with van der Waals surface area (Å²) in [5.41, 5.74) is 6.39. The molecule has 0 aliphatic rings. The summed E-state index contributed by atoms with van der Waals surface area (Å²) in [4.78, 5) is 28.5. The van der Waals surface area contributed by atoms with Gasteiger partial charge in [-0.15, -0.1) is 11.3 Å². The maximum Gasteiger partial charge on any atom is 0.333 e. The van der Waals surface area contributed by atoms with Gasteiger partial charge >= 0.3 is 5.97 Å². The van der Waals surface area contributed by atoms with Crippen LogP contribution in [0.15, 0.2) is 35.7 Å². The van der Waals surface area contributed by atoms with E-state index in [9.17, 15) is 9.59 Å². The fourth-order valence-electron chi connectivity index (χ4n) is 1.86. The van der Waals surface area contributed by atoms with E-state index in [0.29, 0.717) is 10.6 Å². The Bertz CT molecular complexity index is 642. The third-order valence-electron chi connectivity index (χ3n) is 2.89. The summed E-state index contributed by atoms with van der Waals surface area (Å²) in [6.07, 6.45) is 0. The van der Waals surface area contributed by atoms with Crippen LogP contribution in [0.2, 0.25) is 0 Å². The molecule has 0 bridgehead atoms. The minimum absolute atomic E-state index is 0.242. The maximum absolute atomic E-state index is 12.3. The Morgan fingerprint density at radius 2 is 2.09 bits per heavy atom. The molecule has 0 unspecified atom stereocenters. The number of nitrogens with two attached hydrogens (primary N) is 1. The van der Waals surface area contributed by atoms with Gasteiger partial charge in [0.05, 0.1) is 6.61 Å². The van der Waals surface area contributed by atoms with E-state index in [1.807, 2.05) is 6.07 Å². The van der Waals surface area contributed by atoms with Crippen LogP contribution in [0.4, 0.5) is 0 Å². The fraction of sp³-hybridized carbons (Fsp3) is 0.267. The molecule has 7 heteroatoms. The number of hydrogen-bond acceptors (Lipinski definition) is 6. The molecule has 1 atom stereocenters. The van der Waals surface area contributed by atoms with E-state index in [1.165, 1.54) is 11.3 Å². The number of nitrogens with one attached hydrogen (secondary N) is 1. The van der Waals surface area contributed by atoms with Crippen LogP contribution in [0.3, 0.4) is 0 Å². The number of thiazole rings is 1. The van der Waals surface area contributed by atoms with E-state index in [-0.39, 0.29) is 18.8 Å². The number of aromatic nitrogens is 1. The van der Waals surface area contributed by atoms with Gasteiger partial charge in [0, 0.05) is 11.9 Å². The normalized spacial score (nSPS) is 11.7. The Kier molecular flexibility index (Phi) is 5.62. The lowest BCUT2D eigenvalue weighted by Crippen LogP contribution is -2.35. The summed E-state index contributed by atoms with van der Waals surface area (Å²) in [5.74, 6) is -0.936. The van der Waals surface area contributed by atoms with Crippen LogP contribution in [0.5, 0.6) is 0 Å². The largest absolute Gasteiger partial charge is 0.464 e. The molecule has 0 fully saturated rings. The van der Waals surface area contributed by atoms with E-state index < -0.39 is 17.9 Å². The minimum Gasteiger partial charge on any atom is -0.464 e. The van der Waals surface area contributed by atoms with Crippen molar-refractivity contribution in [2.24, 2.45) is 5.73 Å². The molecule has 1 heterocycles. The molecule has 0 radical (unpaired) electrons. The first-order chi connectivity index (χ1) is 10.7. The average Bonchev–Trinajstić information content (AvgIpc) is 3.02. The monoisotopic (exact) mass is 319 g/mol. The maximum atomic E-state index is 12.3. The van der Waals surface area contributed by atoms with Gasteiger partial charge in [0.25, 0.3) is 5.91 Å². The summed E-state index contributed by atoms with van der Waals surface area (Å²) in [5, 5.41) is 4.94. The van der Waals surface area contributed by atoms with Crippen LogP contribution in [0, 0.1) is 0 Å². The van der Waals surface area contributed by atoms with Crippen molar-refractivity contribution >= 4 is 23.2 Å². The van der Waals surface area contributed by atoms with Crippen LogP contribution in [0.25, 0.3) is 0 Å². The van der Waals surface area contributed by atoms with E-state index in [4.69, 9.17) is 10.5 Å². The zero-order valence-electron chi connectivity index (χ0n) is 12.1. The number of ether oxygens (including phenoxy) is 1. The second-order valence-electron chi connectivity index (χ2n) is 4.40. The SMILES string of the molecule is CCOC(=O)[C@H](NC(=O)c1csc(CN)n1)c1ccccc1. The van der Waals surface area contributed by atoms with Gasteiger partial charge in [0.15, 0.2) is 6.04 Å². The third-order valence-corrected chi connectivity index (χ3v) is 3.76. The van der Waals surface area contributed by atoms with Crippen molar-refractivity contribution in [3.63, 3.8) is 0 Å². The van der Waals surface area contributed by atoms with E-state index >= 15 is 0 Å². The van der Waals surface area contributed by atoms with E-state index in [1.54, 1.807) is 36.6 Å². The predicted octanol–water partition coefficient (Wildman–Crippen LogP) is 1.64. The average molecular weight is 319 g/mol. The quantitative estimate of drug-likeness (QED) is 0.789. The molecule has 0 aliphatic carbocycles. The minimum atomic E-state index is -0.864. The molecule has 0 spiro atoms. The Balaban J connectivity index is 2.19. The molecule has 0 aliphatic heterocycles. The topological polar surface area (TPSA) is 94.3 Å². The van der Waals surface area contributed by atoms with Crippen molar-refractivity contribution in [2.75, 3.05) is 6.61 Å². The Morgan fingerprint density at radius 1 is 1.36 bits per heavy atom. The molecule has 2 rings (SSSR count). The molecule has 1 amide bonds. The summed E-state index contributed by atoms with van der Waals surface area (Å²) in [6.45, 7) is 2.24. The summed E-state index contributed by atoms with van der Waals surface area (Å²) >= 11 is 1.31. The lowest BCUT2D eigenvalue weighted by Gasteiger charge is -2.17. The highest BCUT2D eigenvalue weighted by molar-refractivity contribution is 7.09. The first-order valence-corrected chi connectivity index (χ1v) is 7.70. The van der Waals surface area contributed by atoms with Gasteiger partial charge in [-0.05, 0) is 12.5 Å². The zero-order chi connectivity index (χ0) is 15.9. The van der Waals surface area contributed by atoms with Crippen LogP contribution in [-0.4, -0.2) is 23.5 Å². The van der Waals surface area contributed by atoms with Crippen molar-refractivity contribution in [3.05, 3.63) is 52.0 Å². The molecular weight excluding hydrogens is 302 g/mol. The number of benzene rings is 1. The second-order valence-corrected chi connectivity index (χ2v) is 5.34. The second kappa shape index (κ2) is 7.67. The highest BCUT2D eigenvalue weighted by atomic mass is 32.1. The smallest absolute Gasteiger partial charge is 0.333 e.